The van der Waals surface area contributed by atoms with Crippen LogP contribution in [0, 0.1) is 5.92 Å². The van der Waals surface area contributed by atoms with Gasteiger partial charge in [0.2, 0.25) is 5.91 Å². The molecule has 0 aromatic rings. The van der Waals surface area contributed by atoms with Crippen molar-refractivity contribution in [2.24, 2.45) is 5.92 Å². The van der Waals surface area contributed by atoms with Crippen LogP contribution in [0.3, 0.4) is 0 Å². The van der Waals surface area contributed by atoms with E-state index < -0.39 is 12.0 Å². The predicted molar refractivity (Wildman–Crippen MR) is 59.9 cm³/mol. The summed E-state index contributed by atoms with van der Waals surface area (Å²) in [6.45, 7) is 0. The molecule has 4 nitrogen and oxygen atoms in total. The van der Waals surface area contributed by atoms with Gasteiger partial charge in [-0.05, 0) is 37.2 Å². The lowest BCUT2D eigenvalue weighted by Crippen LogP contribution is -2.41. The first kappa shape index (κ1) is 12.4. The van der Waals surface area contributed by atoms with Crippen LogP contribution >= 0.6 is 11.8 Å². The molecule has 15 heavy (non-hydrogen) atoms. The number of hydrogen-bond acceptors (Lipinski definition) is 3. The van der Waals surface area contributed by atoms with E-state index in [0.717, 1.165) is 18.6 Å². The van der Waals surface area contributed by atoms with Gasteiger partial charge >= 0.3 is 5.97 Å². The second kappa shape index (κ2) is 6.00. The molecule has 0 unspecified atom stereocenters. The summed E-state index contributed by atoms with van der Waals surface area (Å²) in [6, 6.07) is -0.719. The molecule has 5 heteroatoms. The fourth-order valence-electron chi connectivity index (χ4n) is 1.33. The summed E-state index contributed by atoms with van der Waals surface area (Å²) in [4.78, 5) is 22.2. The Morgan fingerprint density at radius 1 is 1.53 bits per heavy atom. The number of carboxylic acid groups (broad SMARTS) is 1. The first-order chi connectivity index (χ1) is 7.13. The predicted octanol–water partition coefficient (Wildman–Crippen LogP) is 1.11. The molecule has 0 saturated heterocycles. The van der Waals surface area contributed by atoms with Crippen LogP contribution in [-0.2, 0) is 9.59 Å². The number of amides is 1. The van der Waals surface area contributed by atoms with Crippen molar-refractivity contribution in [1.82, 2.24) is 5.32 Å². The van der Waals surface area contributed by atoms with Gasteiger partial charge in [0.1, 0.15) is 6.04 Å². The lowest BCUT2D eigenvalue weighted by atomic mass is 10.2. The van der Waals surface area contributed by atoms with Crippen LogP contribution in [0.15, 0.2) is 0 Å². The minimum atomic E-state index is -0.937. The maximum Gasteiger partial charge on any atom is 0.326 e. The zero-order chi connectivity index (χ0) is 11.3. The molecule has 0 bridgehead atoms. The Kier molecular flexibility index (Phi) is 4.94. The van der Waals surface area contributed by atoms with Crippen LogP contribution in [0.1, 0.15) is 25.7 Å². The van der Waals surface area contributed by atoms with Crippen molar-refractivity contribution in [1.29, 1.82) is 0 Å². The zero-order valence-corrected chi connectivity index (χ0v) is 9.68. The number of rotatable bonds is 7. The summed E-state index contributed by atoms with van der Waals surface area (Å²) < 4.78 is 0. The van der Waals surface area contributed by atoms with Gasteiger partial charge in [0, 0.05) is 6.42 Å². The third-order valence-electron chi connectivity index (χ3n) is 2.41. The molecule has 1 aliphatic carbocycles. The van der Waals surface area contributed by atoms with E-state index in [-0.39, 0.29) is 5.91 Å². The second-order valence-electron chi connectivity index (χ2n) is 3.89. The Hall–Kier alpha value is -0.710. The number of thioether (sulfide) groups is 1. The van der Waals surface area contributed by atoms with Gasteiger partial charge in [-0.3, -0.25) is 4.79 Å². The molecule has 1 fully saturated rings. The van der Waals surface area contributed by atoms with Crippen molar-refractivity contribution in [3.63, 3.8) is 0 Å². The minimum Gasteiger partial charge on any atom is -0.480 e. The molecular formula is C10H17NO3S. The van der Waals surface area contributed by atoms with Crippen molar-refractivity contribution >= 4 is 23.6 Å². The third kappa shape index (κ3) is 5.06. The van der Waals surface area contributed by atoms with Crippen molar-refractivity contribution in [3.05, 3.63) is 0 Å². The van der Waals surface area contributed by atoms with Crippen molar-refractivity contribution < 1.29 is 14.7 Å². The summed E-state index contributed by atoms with van der Waals surface area (Å²) in [5.41, 5.74) is 0. The van der Waals surface area contributed by atoms with Gasteiger partial charge in [-0.1, -0.05) is 0 Å². The van der Waals surface area contributed by atoms with Gasteiger partial charge in [0.05, 0.1) is 0 Å². The van der Waals surface area contributed by atoms with E-state index in [4.69, 9.17) is 5.11 Å². The molecule has 0 aromatic carbocycles. The monoisotopic (exact) mass is 231 g/mol. The Labute approximate surface area is 93.8 Å². The number of aliphatic carboxylic acids is 1. The molecule has 1 atom stereocenters. The zero-order valence-electron chi connectivity index (χ0n) is 8.86. The van der Waals surface area contributed by atoms with E-state index in [1.165, 1.54) is 0 Å². The number of carbonyl (C=O) groups is 2. The number of carbonyl (C=O) groups excluding carboxylic acids is 1. The quantitative estimate of drug-likeness (QED) is 0.689. The lowest BCUT2D eigenvalue weighted by molar-refractivity contribution is -0.141. The standard InChI is InChI=1S/C10H17NO3S/c1-15-5-4-8(10(13)14)11-9(12)6-7-2-3-7/h7-8H,2-6H2,1H3,(H,11,12)(H,13,14)/t8-/m1/s1. The van der Waals surface area contributed by atoms with E-state index >= 15 is 0 Å². The first-order valence-electron chi connectivity index (χ1n) is 5.14. The second-order valence-corrected chi connectivity index (χ2v) is 4.87. The number of carboxylic acids is 1. The molecule has 1 amide bonds. The third-order valence-corrected chi connectivity index (χ3v) is 3.06. The van der Waals surface area contributed by atoms with Crippen LogP contribution in [0.5, 0.6) is 0 Å². The van der Waals surface area contributed by atoms with Crippen LogP contribution in [0.4, 0.5) is 0 Å². The van der Waals surface area contributed by atoms with Crippen molar-refractivity contribution in [3.8, 4) is 0 Å². The highest BCUT2D eigenvalue weighted by molar-refractivity contribution is 7.98. The molecule has 0 aromatic heterocycles. The van der Waals surface area contributed by atoms with Crippen LogP contribution in [-0.4, -0.2) is 35.0 Å². The van der Waals surface area contributed by atoms with Gasteiger partial charge < -0.3 is 10.4 Å². The first-order valence-corrected chi connectivity index (χ1v) is 6.54. The molecule has 0 aliphatic heterocycles. The van der Waals surface area contributed by atoms with E-state index in [0.29, 0.717) is 18.8 Å². The minimum absolute atomic E-state index is 0.119. The highest BCUT2D eigenvalue weighted by Crippen LogP contribution is 2.32. The average molecular weight is 231 g/mol. The molecule has 1 aliphatic rings. The smallest absolute Gasteiger partial charge is 0.326 e. The van der Waals surface area contributed by atoms with Crippen molar-refractivity contribution in [2.75, 3.05) is 12.0 Å². The Balaban J connectivity index is 2.28. The molecule has 0 heterocycles. The van der Waals surface area contributed by atoms with Crippen molar-refractivity contribution in [2.45, 2.75) is 31.7 Å². The summed E-state index contributed by atoms with van der Waals surface area (Å²) in [5, 5.41) is 11.4. The molecule has 2 N–H and O–H groups in total. The van der Waals surface area contributed by atoms with E-state index in [1.807, 2.05) is 6.26 Å². The SMILES string of the molecule is CSCC[C@@H](NC(=O)CC1CC1)C(=O)O. The normalized spacial score (nSPS) is 17.1. The fourth-order valence-corrected chi connectivity index (χ4v) is 1.80. The highest BCUT2D eigenvalue weighted by atomic mass is 32.2. The molecule has 0 radical (unpaired) electrons. The molecule has 1 saturated carbocycles. The topological polar surface area (TPSA) is 66.4 Å². The lowest BCUT2D eigenvalue weighted by Gasteiger charge is -2.13. The molecule has 86 valence electrons. The maximum atomic E-state index is 11.4. The van der Waals surface area contributed by atoms with E-state index in [9.17, 15) is 9.59 Å². The van der Waals surface area contributed by atoms with Crippen LogP contribution < -0.4 is 5.32 Å². The number of nitrogens with one attached hydrogen (secondary N) is 1. The fraction of sp³-hybridized carbons (Fsp3) is 0.800. The van der Waals surface area contributed by atoms with E-state index in [1.54, 1.807) is 11.8 Å². The van der Waals surface area contributed by atoms with Crippen LogP contribution in [0.2, 0.25) is 0 Å². The summed E-state index contributed by atoms with van der Waals surface area (Å²) in [5.74, 6) is 0.194. The summed E-state index contributed by atoms with van der Waals surface area (Å²) in [6.07, 6.45) is 5.12. The molecular weight excluding hydrogens is 214 g/mol. The van der Waals surface area contributed by atoms with Gasteiger partial charge in [-0.25, -0.2) is 4.79 Å². The Morgan fingerprint density at radius 2 is 2.20 bits per heavy atom. The average Bonchev–Trinajstić information content (AvgIpc) is 2.95. The van der Waals surface area contributed by atoms with E-state index in [2.05, 4.69) is 5.32 Å². The summed E-state index contributed by atoms with van der Waals surface area (Å²) in [7, 11) is 0. The highest BCUT2D eigenvalue weighted by Gasteiger charge is 2.26. The van der Waals surface area contributed by atoms with Gasteiger partial charge in [0.25, 0.3) is 0 Å². The van der Waals surface area contributed by atoms with Crippen LogP contribution in [0.25, 0.3) is 0 Å². The Morgan fingerprint density at radius 3 is 2.67 bits per heavy atom. The van der Waals surface area contributed by atoms with Gasteiger partial charge in [-0.2, -0.15) is 11.8 Å². The number of hydrogen-bond donors (Lipinski definition) is 2. The largest absolute Gasteiger partial charge is 0.480 e. The molecule has 1 rings (SSSR count). The maximum absolute atomic E-state index is 11.4. The summed E-state index contributed by atoms with van der Waals surface area (Å²) >= 11 is 1.59. The molecule has 0 spiro atoms. The Bertz CT molecular complexity index is 241. The van der Waals surface area contributed by atoms with Gasteiger partial charge in [0.15, 0.2) is 0 Å². The van der Waals surface area contributed by atoms with Gasteiger partial charge in [-0.15, -0.1) is 0 Å².